The Labute approximate surface area is 623 Å². The fourth-order valence-electron chi connectivity index (χ4n) is 15.7. The number of benzene rings is 4. The van der Waals surface area contributed by atoms with Crippen LogP contribution < -0.4 is 33.5 Å². The second kappa shape index (κ2) is 39.1. The van der Waals surface area contributed by atoms with E-state index in [0.717, 1.165) is 112 Å². The molecular weight excluding hydrogens is 1390 g/mol. The van der Waals surface area contributed by atoms with Crippen molar-refractivity contribution >= 4 is 66.4 Å². The molecule has 103 heavy (non-hydrogen) atoms. The van der Waals surface area contributed by atoms with E-state index in [2.05, 4.69) is 76.6 Å². The maximum absolute atomic E-state index is 15.4. The quantitative estimate of drug-likeness (QED) is 0.0281. The number of hydrogen-bond acceptors (Lipinski definition) is 16. The van der Waals surface area contributed by atoms with E-state index in [-0.39, 0.29) is 86.6 Å². The highest BCUT2D eigenvalue weighted by Crippen LogP contribution is 2.51. The highest BCUT2D eigenvalue weighted by atomic mass is 35.5. The average molecular weight is 1500 g/mol. The maximum atomic E-state index is 15.4. The van der Waals surface area contributed by atoms with Crippen molar-refractivity contribution in [1.29, 1.82) is 0 Å². The first-order chi connectivity index (χ1) is 49.7. The summed E-state index contributed by atoms with van der Waals surface area (Å²) in [6.45, 7) is 19.8. The number of rotatable bonds is 38. The molecule has 4 aromatic rings. The number of fused-ring (bicyclic) bond motifs is 5. The number of sulfonamides is 2. The number of methoxy groups -OCH3 is 2. The molecule has 0 radical (unpaired) electrons. The smallest absolute Gasteiger partial charge is 0.264 e. The van der Waals surface area contributed by atoms with Crippen LogP contribution in [0.2, 0.25) is 10.0 Å². The minimum atomic E-state index is -4.36. The Balaban J connectivity index is 1.11. The van der Waals surface area contributed by atoms with Crippen LogP contribution in [0.5, 0.6) is 17.2 Å². The van der Waals surface area contributed by atoms with E-state index < -0.39 is 65.9 Å². The van der Waals surface area contributed by atoms with Crippen LogP contribution in [0.1, 0.15) is 173 Å². The number of carbonyl (C=O) groups excluding carboxylic acids is 2. The summed E-state index contributed by atoms with van der Waals surface area (Å²) in [5.41, 5.74) is 5.28. The van der Waals surface area contributed by atoms with Gasteiger partial charge in [0.15, 0.2) is 11.5 Å². The third kappa shape index (κ3) is 21.4. The van der Waals surface area contributed by atoms with Gasteiger partial charge >= 0.3 is 0 Å². The number of anilines is 2. The number of hydrogen-bond donors (Lipinski definition) is 3. The van der Waals surface area contributed by atoms with Gasteiger partial charge in [-0.3, -0.25) is 9.59 Å². The van der Waals surface area contributed by atoms with Crippen molar-refractivity contribution in [2.24, 2.45) is 35.5 Å². The van der Waals surface area contributed by atoms with E-state index in [1.165, 1.54) is 0 Å². The minimum Gasteiger partial charge on any atom is -0.487 e. The summed E-state index contributed by atoms with van der Waals surface area (Å²) in [7, 11) is -5.47. The molecule has 1 spiro atoms. The Morgan fingerprint density at radius 3 is 1.88 bits per heavy atom. The molecule has 4 aromatic carbocycles. The number of nitrogens with one attached hydrogen (secondary N) is 2. The van der Waals surface area contributed by atoms with Crippen LogP contribution in [0.4, 0.5) is 11.4 Å². The molecule has 2 aliphatic heterocycles. The third-order valence-electron chi connectivity index (χ3n) is 21.7. The Morgan fingerprint density at radius 1 is 0.670 bits per heavy atom. The Bertz CT molecular complexity index is 3780. The first-order valence-electron chi connectivity index (χ1n) is 37.5. The van der Waals surface area contributed by atoms with Gasteiger partial charge in [-0.15, -0.1) is 13.2 Å². The van der Waals surface area contributed by atoms with Gasteiger partial charge in [-0.2, -0.15) is 0 Å². The number of halogens is 2. The fourth-order valence-corrected chi connectivity index (χ4v) is 19.4. The highest BCUT2D eigenvalue weighted by molar-refractivity contribution is 7.91. The van der Waals surface area contributed by atoms with Crippen LogP contribution >= 0.6 is 23.2 Å². The number of ether oxygens (including phenoxy) is 7. The topological polar surface area (TPSA) is 218 Å². The predicted octanol–water partition coefficient (Wildman–Crippen LogP) is 15.1. The molecule has 9 rings (SSSR count). The molecule has 5 aliphatic rings. The number of aliphatic hydroxyl groups excluding tert-OH is 1. The van der Waals surface area contributed by atoms with Gasteiger partial charge in [0.2, 0.25) is 20.0 Å². The molecule has 18 nitrogen and oxygen atoms in total. The third-order valence-corrected chi connectivity index (χ3v) is 26.1. The number of carbonyl (C=O) groups is 2. The van der Waals surface area contributed by atoms with E-state index in [0.29, 0.717) is 97.5 Å². The van der Waals surface area contributed by atoms with Crippen molar-refractivity contribution < 1.29 is 64.7 Å². The molecular formula is C81H112Cl2N4O14S2. The summed E-state index contributed by atoms with van der Waals surface area (Å²) in [6.07, 6.45) is 23.1. The highest BCUT2D eigenvalue weighted by Gasteiger charge is 2.47. The lowest BCUT2D eigenvalue weighted by atomic mass is 9.68. The van der Waals surface area contributed by atoms with Crippen molar-refractivity contribution in [3.63, 3.8) is 0 Å². The lowest BCUT2D eigenvalue weighted by Crippen LogP contribution is -2.49. The van der Waals surface area contributed by atoms with Gasteiger partial charge in [-0.05, 0) is 215 Å². The molecule has 2 saturated carbocycles. The summed E-state index contributed by atoms with van der Waals surface area (Å²) >= 11 is 13.4. The maximum Gasteiger partial charge on any atom is 0.264 e. The van der Waals surface area contributed by atoms with Gasteiger partial charge in [0.05, 0.1) is 61.0 Å². The monoisotopic (exact) mass is 1500 g/mol. The lowest BCUT2D eigenvalue weighted by molar-refractivity contribution is 0.0456. The number of aryl methyl sites for hydroxylation is 2. The molecule has 566 valence electrons. The van der Waals surface area contributed by atoms with E-state index in [1.807, 2.05) is 44.2 Å². The van der Waals surface area contributed by atoms with Crippen molar-refractivity contribution in [3.05, 3.63) is 160 Å². The Morgan fingerprint density at radius 2 is 1.26 bits per heavy atom. The lowest BCUT2D eigenvalue weighted by Gasteiger charge is -2.45. The number of amides is 2. The standard InChI is InChI=1S/C81H112Cl2N4O14S2/c1-9-13-15-24-72(88)67-32-27-61(67)52-87-54-81(38-19-23-59-47-66(83)31-34-69(59)81)55-100-78-71(87)49-64(80(90)85-103(93,94)77(57(6)21-12-4)37-41-98-45-43-96-8)50-75(78)101-73(25-16-14-10-2)68-33-28-62(68)51-86-39-18-17-22-58-46-65(82)30-26-63(58)53-99-74-35-29-60(48-70(74)86)79(89)84-102(91,92)76(56(5)20-11-3)36-40-97-44-42-95-7/h11-12,15-16,24-26,29-31,34-35,46-50,56-57,61-62,67-68,72-73,76-77,88H,3-4,9-10,13-14,17-23,27-28,32-33,36-45,51-55H2,1-2,5-8H3,(H,84,89)(H,85,90)/b24-15+,25-16+/t56-,57+,61-,62-,67+,68+,72-,73-,76-,77+,81-/m0/s1. The number of unbranched alkanes of at least 4 members (excludes halogenated alkanes) is 2. The number of aliphatic hydroxyl groups is 1. The summed E-state index contributed by atoms with van der Waals surface area (Å²) in [4.78, 5) is 34.5. The summed E-state index contributed by atoms with van der Waals surface area (Å²) in [6, 6.07) is 20.5. The van der Waals surface area contributed by atoms with Crippen LogP contribution in [0.25, 0.3) is 0 Å². The zero-order valence-corrected chi connectivity index (χ0v) is 64.6. The average Bonchev–Trinajstić information content (AvgIpc) is 1.63. The van der Waals surface area contributed by atoms with Crippen molar-refractivity contribution in [3.8, 4) is 17.2 Å². The van der Waals surface area contributed by atoms with E-state index in [1.54, 1.807) is 56.7 Å². The van der Waals surface area contributed by atoms with Gasteiger partial charge in [-0.1, -0.05) is 106 Å². The van der Waals surface area contributed by atoms with Crippen LogP contribution in [-0.2, 0) is 63.9 Å². The van der Waals surface area contributed by atoms with Crippen molar-refractivity contribution in [2.45, 2.75) is 178 Å². The van der Waals surface area contributed by atoms with Gasteiger partial charge < -0.3 is 48.1 Å². The largest absolute Gasteiger partial charge is 0.487 e. The van der Waals surface area contributed by atoms with Gasteiger partial charge in [0, 0.05) is 86.1 Å². The first-order valence-corrected chi connectivity index (χ1v) is 41.3. The van der Waals surface area contributed by atoms with E-state index >= 15 is 4.79 Å². The number of nitrogens with zero attached hydrogens (tertiary/aromatic N) is 2. The fraction of sp³-hybridized carbons (Fsp3) is 0.580. The second-order valence-corrected chi connectivity index (χ2v) is 33.7. The van der Waals surface area contributed by atoms with E-state index in [4.69, 9.17) is 56.4 Å². The molecule has 0 unspecified atom stereocenters. The summed E-state index contributed by atoms with van der Waals surface area (Å²) in [5.74, 6) is -1.20. The minimum absolute atomic E-state index is 0.0101. The van der Waals surface area contributed by atoms with E-state index in [9.17, 15) is 26.7 Å². The molecule has 22 heteroatoms. The zero-order valence-electron chi connectivity index (χ0n) is 61.4. The van der Waals surface area contributed by atoms with Gasteiger partial charge in [0.1, 0.15) is 18.5 Å². The molecule has 2 amide bonds. The molecule has 0 saturated heterocycles. The SMILES string of the molecule is C=CC[C@@H](C)[C@@H](CCOCCOC)S(=O)(=O)NC(=O)c1cc(O[C@@H](/C=C/CCC)[C@@H]2CC[C@H]2CN2CCCCc3cc(Cl)ccc3COc3ccc(C(=O)NS(=O)(=O)[C@@H](CCOCCOC)[C@@H](C)CC=C)cc32)c2c(c1)N(C[C@@H]1CC[C@H]1[C@@H](O)/C=C/CCC)C[C@@]1(CCCc3cc(Cl)ccc31)CO2. The second-order valence-electron chi connectivity index (χ2n) is 29.0. The van der Waals surface area contributed by atoms with Gasteiger partial charge in [-0.25, -0.2) is 26.3 Å². The van der Waals surface area contributed by atoms with Crippen LogP contribution in [0.3, 0.4) is 0 Å². The summed E-state index contributed by atoms with van der Waals surface area (Å²) in [5, 5.41) is 11.1. The van der Waals surface area contributed by atoms with Crippen LogP contribution in [0, 0.1) is 35.5 Å². The van der Waals surface area contributed by atoms with Crippen LogP contribution in [-0.4, -0.2) is 143 Å². The Kier molecular flexibility index (Phi) is 30.8. The molecule has 2 fully saturated rings. The summed E-state index contributed by atoms with van der Waals surface area (Å²) < 4.78 is 107. The Hall–Kier alpha value is -5.94. The van der Waals surface area contributed by atoms with Crippen LogP contribution in [0.15, 0.2) is 116 Å². The molecule has 2 heterocycles. The molecule has 11 atom stereocenters. The molecule has 0 aromatic heterocycles. The van der Waals surface area contributed by atoms with Crippen molar-refractivity contribution in [2.75, 3.05) is 96.4 Å². The van der Waals surface area contributed by atoms with Gasteiger partial charge in [0.25, 0.3) is 11.8 Å². The zero-order chi connectivity index (χ0) is 73.7. The molecule has 3 N–H and O–H groups in total. The van der Waals surface area contributed by atoms with Crippen molar-refractivity contribution in [1.82, 2.24) is 9.44 Å². The normalized spacial score (nSPS) is 21.6. The number of allylic oxidation sites excluding steroid dienone is 4. The first kappa shape index (κ1) is 81.1. The molecule has 3 aliphatic carbocycles. The molecule has 0 bridgehead atoms. The predicted molar refractivity (Wildman–Crippen MR) is 411 cm³/mol.